The van der Waals surface area contributed by atoms with Gasteiger partial charge in [0.1, 0.15) is 5.78 Å². The van der Waals surface area contributed by atoms with Crippen LogP contribution in [0.3, 0.4) is 0 Å². The Morgan fingerprint density at radius 2 is 0.933 bits per heavy atom. The lowest BCUT2D eigenvalue weighted by Crippen LogP contribution is -2.71. The van der Waals surface area contributed by atoms with Crippen LogP contribution in [0.25, 0.3) is 0 Å². The Labute approximate surface area is 180 Å². The number of carbonyl (C=O) groups is 1. The molecule has 0 heterocycles. The first-order chi connectivity index (χ1) is 14.7. The van der Waals surface area contributed by atoms with Crippen LogP contribution in [-0.2, 0) is 4.79 Å². The van der Waals surface area contributed by atoms with E-state index in [9.17, 15) is 4.79 Å². The number of hydrogen-bond donors (Lipinski definition) is 0. The van der Waals surface area contributed by atoms with Crippen molar-refractivity contribution in [3.63, 3.8) is 0 Å². The van der Waals surface area contributed by atoms with Crippen LogP contribution in [0, 0.1) is 0 Å². The third-order valence-electron chi connectivity index (χ3n) is 5.90. The second-order valence-corrected chi connectivity index (χ2v) is 11.8. The number of carbonyl (C=O) groups excluding carboxylic acids is 1. The van der Waals surface area contributed by atoms with E-state index < -0.39 is 8.07 Å². The Kier molecular flexibility index (Phi) is 6.06. The van der Waals surface area contributed by atoms with E-state index in [0.717, 1.165) is 0 Å². The molecule has 4 aromatic carbocycles. The SMILES string of the molecule is CC(=O)C[C@@H](c1ccccc1)[Si](c1ccccc1)(c1ccccc1)c1ccccc1. The van der Waals surface area contributed by atoms with Crippen LogP contribution < -0.4 is 15.6 Å². The van der Waals surface area contributed by atoms with Crippen LogP contribution in [-0.4, -0.2) is 13.9 Å². The quantitative estimate of drug-likeness (QED) is 0.327. The lowest BCUT2D eigenvalue weighted by atomic mass is 10.1. The first-order valence-electron chi connectivity index (χ1n) is 10.4. The molecule has 1 nitrogen and oxygen atoms in total. The molecule has 0 bridgehead atoms. The van der Waals surface area contributed by atoms with Crippen LogP contribution in [0.2, 0.25) is 0 Å². The van der Waals surface area contributed by atoms with Crippen LogP contribution in [0.5, 0.6) is 0 Å². The molecule has 0 aliphatic carbocycles. The monoisotopic (exact) mass is 406 g/mol. The number of Topliss-reactive ketones (excluding diaryl/α,β-unsaturated/α-hetero) is 1. The summed E-state index contributed by atoms with van der Waals surface area (Å²) in [5, 5.41) is 3.99. The van der Waals surface area contributed by atoms with Gasteiger partial charge in [-0.15, -0.1) is 0 Å². The highest BCUT2D eigenvalue weighted by Crippen LogP contribution is 2.31. The lowest BCUT2D eigenvalue weighted by Gasteiger charge is -2.41. The summed E-state index contributed by atoms with van der Waals surface area (Å²) >= 11 is 0. The van der Waals surface area contributed by atoms with Gasteiger partial charge in [-0.2, -0.15) is 0 Å². The zero-order valence-electron chi connectivity index (χ0n) is 17.2. The van der Waals surface area contributed by atoms with Crippen LogP contribution in [0.4, 0.5) is 0 Å². The van der Waals surface area contributed by atoms with Gasteiger partial charge in [-0.3, -0.25) is 0 Å². The molecule has 148 valence electrons. The summed E-state index contributed by atoms with van der Waals surface area (Å²) in [4.78, 5) is 12.6. The van der Waals surface area contributed by atoms with Crippen molar-refractivity contribution in [3.8, 4) is 0 Å². The van der Waals surface area contributed by atoms with E-state index in [0.29, 0.717) is 6.42 Å². The summed E-state index contributed by atoms with van der Waals surface area (Å²) in [7, 11) is -2.58. The van der Waals surface area contributed by atoms with Crippen LogP contribution in [0.15, 0.2) is 121 Å². The predicted molar refractivity (Wildman–Crippen MR) is 128 cm³/mol. The van der Waals surface area contributed by atoms with Crippen molar-refractivity contribution in [2.24, 2.45) is 0 Å². The Balaban J connectivity index is 2.12. The van der Waals surface area contributed by atoms with E-state index in [1.54, 1.807) is 6.92 Å². The van der Waals surface area contributed by atoms with Crippen molar-refractivity contribution >= 4 is 29.4 Å². The normalized spacial score (nSPS) is 12.3. The summed E-state index contributed by atoms with van der Waals surface area (Å²) < 4.78 is 0. The minimum absolute atomic E-state index is 0.100. The number of rotatable bonds is 7. The van der Waals surface area contributed by atoms with Gasteiger partial charge in [-0.05, 0) is 33.6 Å². The molecule has 0 spiro atoms. The van der Waals surface area contributed by atoms with E-state index >= 15 is 0 Å². The first kappa shape index (κ1) is 20.1. The molecule has 0 fully saturated rings. The lowest BCUT2D eigenvalue weighted by molar-refractivity contribution is -0.117. The average molecular weight is 407 g/mol. The number of ketones is 1. The summed E-state index contributed by atoms with van der Waals surface area (Å²) in [5.41, 5.74) is 1.33. The van der Waals surface area contributed by atoms with Crippen molar-refractivity contribution in [1.29, 1.82) is 0 Å². The van der Waals surface area contributed by atoms with Gasteiger partial charge >= 0.3 is 0 Å². The van der Waals surface area contributed by atoms with Crippen molar-refractivity contribution in [2.75, 3.05) is 0 Å². The average Bonchev–Trinajstić information content (AvgIpc) is 2.81. The summed E-state index contributed by atoms with van der Waals surface area (Å²) in [5.74, 6) is 0.225. The molecule has 0 saturated heterocycles. The minimum Gasteiger partial charge on any atom is -0.300 e. The fourth-order valence-corrected chi connectivity index (χ4v) is 10.3. The molecule has 0 N–H and O–H groups in total. The molecule has 0 radical (unpaired) electrons. The van der Waals surface area contributed by atoms with E-state index in [4.69, 9.17) is 0 Å². The fourth-order valence-electron chi connectivity index (χ4n) is 4.70. The first-order valence-corrected chi connectivity index (χ1v) is 12.5. The Morgan fingerprint density at radius 1 is 0.600 bits per heavy atom. The maximum atomic E-state index is 12.6. The third kappa shape index (κ3) is 3.79. The third-order valence-corrected chi connectivity index (χ3v) is 11.2. The highest BCUT2D eigenvalue weighted by Gasteiger charge is 2.47. The summed E-state index contributed by atoms with van der Waals surface area (Å²) in [6.45, 7) is 1.72. The topological polar surface area (TPSA) is 17.1 Å². The van der Waals surface area contributed by atoms with E-state index in [-0.39, 0.29) is 11.3 Å². The smallest absolute Gasteiger partial charge is 0.155 e. The molecular weight excluding hydrogens is 380 g/mol. The van der Waals surface area contributed by atoms with Crippen molar-refractivity contribution in [2.45, 2.75) is 18.9 Å². The molecular formula is C28H26OSi. The Morgan fingerprint density at radius 3 is 1.27 bits per heavy atom. The maximum Gasteiger partial charge on any atom is 0.155 e. The summed E-state index contributed by atoms with van der Waals surface area (Å²) in [6, 6.07) is 43.1. The Hall–Kier alpha value is -3.23. The van der Waals surface area contributed by atoms with Crippen LogP contribution in [0.1, 0.15) is 24.4 Å². The molecule has 0 aliphatic heterocycles. The zero-order chi connectivity index (χ0) is 20.8. The van der Waals surface area contributed by atoms with Gasteiger partial charge < -0.3 is 4.79 Å². The van der Waals surface area contributed by atoms with E-state index in [1.165, 1.54) is 21.1 Å². The van der Waals surface area contributed by atoms with Crippen LogP contribution >= 0.6 is 0 Å². The number of benzene rings is 4. The van der Waals surface area contributed by atoms with E-state index in [2.05, 4.69) is 115 Å². The molecule has 30 heavy (non-hydrogen) atoms. The largest absolute Gasteiger partial charge is 0.300 e. The van der Waals surface area contributed by atoms with Crippen molar-refractivity contribution < 1.29 is 4.79 Å². The van der Waals surface area contributed by atoms with Crippen molar-refractivity contribution in [3.05, 3.63) is 127 Å². The summed E-state index contributed by atoms with van der Waals surface area (Å²) in [6.07, 6.45) is 0.523. The standard InChI is InChI=1S/C28H26OSi/c1-23(29)22-28(24-14-6-2-7-15-24)30(25-16-8-3-9-17-25,26-18-10-4-11-19-26)27-20-12-5-13-21-27/h2-21,28H,22H2,1H3/t28-/m0/s1. The van der Waals surface area contributed by atoms with Gasteiger partial charge in [-0.25, -0.2) is 0 Å². The van der Waals surface area contributed by atoms with Gasteiger partial charge in [0.25, 0.3) is 0 Å². The van der Waals surface area contributed by atoms with Gasteiger partial charge in [-0.1, -0.05) is 121 Å². The molecule has 0 unspecified atom stereocenters. The maximum absolute atomic E-state index is 12.6. The van der Waals surface area contributed by atoms with Gasteiger partial charge in [0.15, 0.2) is 8.07 Å². The van der Waals surface area contributed by atoms with Crippen molar-refractivity contribution in [1.82, 2.24) is 0 Å². The molecule has 4 rings (SSSR count). The number of hydrogen-bond acceptors (Lipinski definition) is 1. The fraction of sp³-hybridized carbons (Fsp3) is 0.107. The highest BCUT2D eigenvalue weighted by molar-refractivity contribution is 7.12. The van der Waals surface area contributed by atoms with E-state index in [1.807, 2.05) is 6.07 Å². The predicted octanol–water partition coefficient (Wildman–Crippen LogP) is 4.46. The van der Waals surface area contributed by atoms with Gasteiger partial charge in [0.05, 0.1) is 0 Å². The highest BCUT2D eigenvalue weighted by atomic mass is 28.3. The molecule has 0 saturated carbocycles. The minimum atomic E-state index is -2.58. The van der Waals surface area contributed by atoms with Gasteiger partial charge in [0, 0.05) is 6.42 Å². The second kappa shape index (κ2) is 9.06. The molecule has 2 heteroatoms. The molecule has 1 atom stereocenters. The molecule has 0 amide bonds. The second-order valence-electron chi connectivity index (χ2n) is 7.78. The Bertz CT molecular complexity index is 980. The molecule has 0 aliphatic rings. The van der Waals surface area contributed by atoms with Gasteiger partial charge in [0.2, 0.25) is 0 Å². The zero-order valence-corrected chi connectivity index (χ0v) is 18.2. The molecule has 0 aromatic heterocycles. The molecule has 4 aromatic rings.